The van der Waals surface area contributed by atoms with Gasteiger partial charge in [0.2, 0.25) is 0 Å². The minimum absolute atomic E-state index is 0.679. The van der Waals surface area contributed by atoms with Crippen LogP contribution in [0.15, 0.2) is 17.1 Å². The topological polar surface area (TPSA) is 12.4 Å². The maximum Gasteiger partial charge on any atom is 0.0339 e. The van der Waals surface area contributed by atoms with Crippen molar-refractivity contribution < 1.29 is 0 Å². The van der Waals surface area contributed by atoms with Crippen LogP contribution in [0.25, 0.3) is 0 Å². The minimum atomic E-state index is 0.679. The Balaban J connectivity index is 3.89. The molecule has 0 amide bonds. The van der Waals surface area contributed by atoms with Crippen LogP contribution in [0.2, 0.25) is 0 Å². The molecule has 1 heteroatoms. The molecule has 0 aliphatic rings. The van der Waals surface area contributed by atoms with Crippen molar-refractivity contribution in [3.63, 3.8) is 0 Å². The minimum Gasteiger partial charge on any atom is -0.293 e. The smallest absolute Gasteiger partial charge is 0.0339 e. The number of allylic oxidation sites excluding steroid dienone is 2. The number of hydrogen-bond acceptors (Lipinski definition) is 1. The molecule has 0 N–H and O–H groups in total. The monoisotopic (exact) mass is 153 g/mol. The van der Waals surface area contributed by atoms with Crippen LogP contribution in [0.1, 0.15) is 33.6 Å². The summed E-state index contributed by atoms with van der Waals surface area (Å²) in [5, 5.41) is 0. The third kappa shape index (κ3) is 4.77. The third-order valence-electron chi connectivity index (χ3n) is 1.91. The lowest BCUT2D eigenvalue weighted by Gasteiger charge is -1.99. The predicted octanol–water partition coefficient (Wildman–Crippen LogP) is 3.07. The Morgan fingerprint density at radius 3 is 2.45 bits per heavy atom. The molecule has 0 saturated heterocycles. The van der Waals surface area contributed by atoms with Gasteiger partial charge in [0.15, 0.2) is 0 Å². The van der Waals surface area contributed by atoms with E-state index < -0.39 is 0 Å². The van der Waals surface area contributed by atoms with Crippen molar-refractivity contribution in [1.82, 2.24) is 0 Å². The Morgan fingerprint density at radius 2 is 2.09 bits per heavy atom. The standard InChI is InChI=1S/C10H19N/c1-5-9(3)7-8-10(6-2)11-4/h7-9H,5-6H2,1-4H3/b8-7-,11-10?. The molecule has 0 heterocycles. The van der Waals surface area contributed by atoms with Gasteiger partial charge in [0, 0.05) is 12.8 Å². The van der Waals surface area contributed by atoms with E-state index in [1.54, 1.807) is 0 Å². The fourth-order valence-corrected chi connectivity index (χ4v) is 0.762. The summed E-state index contributed by atoms with van der Waals surface area (Å²) in [5.74, 6) is 0.679. The second-order valence-electron chi connectivity index (χ2n) is 2.81. The van der Waals surface area contributed by atoms with Gasteiger partial charge >= 0.3 is 0 Å². The molecular formula is C10H19N. The van der Waals surface area contributed by atoms with Crippen molar-refractivity contribution >= 4 is 5.71 Å². The molecule has 0 radical (unpaired) electrons. The quantitative estimate of drug-likeness (QED) is 0.550. The second kappa shape index (κ2) is 6.14. The zero-order valence-corrected chi connectivity index (χ0v) is 8.09. The molecule has 0 rings (SSSR count). The molecule has 0 aromatic carbocycles. The van der Waals surface area contributed by atoms with Crippen molar-refractivity contribution in [2.24, 2.45) is 10.9 Å². The average molecular weight is 153 g/mol. The van der Waals surface area contributed by atoms with Crippen molar-refractivity contribution in [2.45, 2.75) is 33.6 Å². The Hall–Kier alpha value is -0.590. The average Bonchev–Trinajstić information content (AvgIpc) is 2.06. The number of rotatable bonds is 4. The summed E-state index contributed by atoms with van der Waals surface area (Å²) in [5.41, 5.74) is 1.19. The van der Waals surface area contributed by atoms with Crippen LogP contribution in [0, 0.1) is 5.92 Å². The molecule has 0 aliphatic carbocycles. The van der Waals surface area contributed by atoms with Gasteiger partial charge in [-0.1, -0.05) is 33.3 Å². The zero-order chi connectivity index (χ0) is 8.69. The first-order valence-corrected chi connectivity index (χ1v) is 4.38. The van der Waals surface area contributed by atoms with E-state index in [9.17, 15) is 0 Å². The van der Waals surface area contributed by atoms with Gasteiger partial charge in [-0.15, -0.1) is 0 Å². The second-order valence-corrected chi connectivity index (χ2v) is 2.81. The summed E-state index contributed by atoms with van der Waals surface area (Å²) in [6.45, 7) is 6.55. The molecule has 0 bridgehead atoms. The molecule has 0 aliphatic heterocycles. The van der Waals surface area contributed by atoms with Gasteiger partial charge in [-0.2, -0.15) is 0 Å². The molecule has 0 aromatic heterocycles. The Kier molecular flexibility index (Phi) is 5.81. The van der Waals surface area contributed by atoms with E-state index in [0.717, 1.165) is 6.42 Å². The van der Waals surface area contributed by atoms with Crippen LogP contribution >= 0.6 is 0 Å². The van der Waals surface area contributed by atoms with Gasteiger partial charge in [0.05, 0.1) is 0 Å². The highest BCUT2D eigenvalue weighted by atomic mass is 14.7. The summed E-state index contributed by atoms with van der Waals surface area (Å²) < 4.78 is 0. The van der Waals surface area contributed by atoms with Gasteiger partial charge in [0.25, 0.3) is 0 Å². The molecule has 1 unspecified atom stereocenters. The first-order chi connectivity index (χ1) is 5.24. The van der Waals surface area contributed by atoms with Crippen LogP contribution in [0.3, 0.4) is 0 Å². The lowest BCUT2D eigenvalue weighted by atomic mass is 10.1. The first kappa shape index (κ1) is 10.4. The predicted molar refractivity (Wildman–Crippen MR) is 52.2 cm³/mol. The lowest BCUT2D eigenvalue weighted by Crippen LogP contribution is -1.92. The molecule has 0 saturated carbocycles. The first-order valence-electron chi connectivity index (χ1n) is 4.38. The Bertz CT molecular complexity index is 145. The Morgan fingerprint density at radius 1 is 1.45 bits per heavy atom. The van der Waals surface area contributed by atoms with E-state index in [0.29, 0.717) is 5.92 Å². The van der Waals surface area contributed by atoms with Gasteiger partial charge in [-0.05, 0) is 18.4 Å². The fraction of sp³-hybridized carbons (Fsp3) is 0.700. The van der Waals surface area contributed by atoms with E-state index in [2.05, 4.69) is 37.9 Å². The highest BCUT2D eigenvalue weighted by Gasteiger charge is 1.91. The van der Waals surface area contributed by atoms with E-state index >= 15 is 0 Å². The molecular weight excluding hydrogens is 134 g/mol. The van der Waals surface area contributed by atoms with Gasteiger partial charge < -0.3 is 0 Å². The summed E-state index contributed by atoms with van der Waals surface area (Å²) in [6.07, 6.45) is 6.60. The summed E-state index contributed by atoms with van der Waals surface area (Å²) >= 11 is 0. The van der Waals surface area contributed by atoms with Crippen LogP contribution in [0.5, 0.6) is 0 Å². The maximum atomic E-state index is 4.14. The van der Waals surface area contributed by atoms with Crippen molar-refractivity contribution in [3.05, 3.63) is 12.2 Å². The highest BCUT2D eigenvalue weighted by Crippen LogP contribution is 2.02. The molecule has 11 heavy (non-hydrogen) atoms. The van der Waals surface area contributed by atoms with Crippen LogP contribution in [-0.4, -0.2) is 12.8 Å². The molecule has 64 valence electrons. The maximum absolute atomic E-state index is 4.14. The van der Waals surface area contributed by atoms with Crippen LogP contribution in [-0.2, 0) is 0 Å². The number of hydrogen-bond donors (Lipinski definition) is 0. The highest BCUT2D eigenvalue weighted by molar-refractivity contribution is 5.94. The molecule has 0 aromatic rings. The molecule has 0 spiro atoms. The van der Waals surface area contributed by atoms with Gasteiger partial charge in [0.1, 0.15) is 0 Å². The van der Waals surface area contributed by atoms with Crippen LogP contribution < -0.4 is 0 Å². The number of nitrogens with zero attached hydrogens (tertiary/aromatic N) is 1. The lowest BCUT2D eigenvalue weighted by molar-refractivity contribution is 0.698. The largest absolute Gasteiger partial charge is 0.293 e. The van der Waals surface area contributed by atoms with E-state index in [1.165, 1.54) is 12.1 Å². The number of aliphatic imine (C=N–C) groups is 1. The normalized spacial score (nSPS) is 15.8. The van der Waals surface area contributed by atoms with E-state index in [4.69, 9.17) is 0 Å². The van der Waals surface area contributed by atoms with Crippen molar-refractivity contribution in [1.29, 1.82) is 0 Å². The van der Waals surface area contributed by atoms with Crippen LogP contribution in [0.4, 0.5) is 0 Å². The van der Waals surface area contributed by atoms with Gasteiger partial charge in [-0.3, -0.25) is 4.99 Å². The Labute approximate surface area is 70.2 Å². The van der Waals surface area contributed by atoms with Crippen molar-refractivity contribution in [2.75, 3.05) is 7.05 Å². The van der Waals surface area contributed by atoms with Gasteiger partial charge in [-0.25, -0.2) is 0 Å². The SMILES string of the molecule is CCC(/C=C\C(C)CC)=NC. The summed E-state index contributed by atoms with van der Waals surface area (Å²) in [4.78, 5) is 4.14. The van der Waals surface area contributed by atoms with E-state index in [1.807, 2.05) is 7.05 Å². The molecule has 1 nitrogen and oxygen atoms in total. The molecule has 0 fully saturated rings. The summed E-state index contributed by atoms with van der Waals surface area (Å²) in [6, 6.07) is 0. The fourth-order valence-electron chi connectivity index (χ4n) is 0.762. The zero-order valence-electron chi connectivity index (χ0n) is 8.09. The third-order valence-corrected chi connectivity index (χ3v) is 1.91. The van der Waals surface area contributed by atoms with E-state index in [-0.39, 0.29) is 0 Å². The summed E-state index contributed by atoms with van der Waals surface area (Å²) in [7, 11) is 1.85. The molecule has 1 atom stereocenters. The van der Waals surface area contributed by atoms with Crippen molar-refractivity contribution in [3.8, 4) is 0 Å².